The minimum atomic E-state index is -0.460. The number of phenolic OH excluding ortho intramolecular Hbond substituents is 1. The Bertz CT molecular complexity index is 522. The van der Waals surface area contributed by atoms with E-state index >= 15 is 0 Å². The monoisotopic (exact) mass is 203 g/mol. The Morgan fingerprint density at radius 3 is 2.93 bits per heavy atom. The number of hydrogen-bond donors (Lipinski definition) is 1. The zero-order valence-electron chi connectivity index (χ0n) is 8.10. The van der Waals surface area contributed by atoms with Gasteiger partial charge in [0.25, 0.3) is 0 Å². The van der Waals surface area contributed by atoms with Crippen molar-refractivity contribution in [1.82, 2.24) is 4.98 Å². The number of aromatic hydroxyl groups is 1. The normalized spacial score (nSPS) is 10.2. The summed E-state index contributed by atoms with van der Waals surface area (Å²) >= 11 is 0. The molecule has 0 aliphatic carbocycles. The lowest BCUT2D eigenvalue weighted by Gasteiger charge is -2.04. The molecule has 0 atom stereocenters. The number of aromatic nitrogens is 1. The average molecular weight is 203 g/mol. The Kier molecular flexibility index (Phi) is 2.25. The van der Waals surface area contributed by atoms with Crippen LogP contribution in [-0.2, 0) is 4.74 Å². The molecule has 4 nitrogen and oxygen atoms in total. The summed E-state index contributed by atoms with van der Waals surface area (Å²) in [7, 11) is 1.31. The van der Waals surface area contributed by atoms with Crippen LogP contribution >= 0.6 is 0 Å². The maximum Gasteiger partial charge on any atom is 0.340 e. The number of pyridine rings is 1. The van der Waals surface area contributed by atoms with Crippen LogP contribution in [0.5, 0.6) is 5.75 Å². The summed E-state index contributed by atoms with van der Waals surface area (Å²) in [6.07, 6.45) is 1.56. The lowest BCUT2D eigenvalue weighted by Crippen LogP contribution is -2.02. The van der Waals surface area contributed by atoms with Crippen molar-refractivity contribution in [3.63, 3.8) is 0 Å². The number of ether oxygens (including phenoxy) is 1. The number of hydrogen-bond acceptors (Lipinski definition) is 4. The van der Waals surface area contributed by atoms with Crippen LogP contribution in [0, 0.1) is 0 Å². The van der Waals surface area contributed by atoms with Crippen molar-refractivity contribution >= 4 is 16.9 Å². The quantitative estimate of drug-likeness (QED) is 0.717. The third-order valence-electron chi connectivity index (χ3n) is 2.15. The highest BCUT2D eigenvalue weighted by Gasteiger charge is 2.12. The summed E-state index contributed by atoms with van der Waals surface area (Å²) in [4.78, 5) is 15.4. The van der Waals surface area contributed by atoms with E-state index in [-0.39, 0.29) is 5.75 Å². The van der Waals surface area contributed by atoms with E-state index in [1.54, 1.807) is 18.3 Å². The summed E-state index contributed by atoms with van der Waals surface area (Å²) in [6.45, 7) is 0. The topological polar surface area (TPSA) is 59.4 Å². The van der Waals surface area contributed by atoms with E-state index in [1.165, 1.54) is 19.2 Å². The number of phenols is 1. The van der Waals surface area contributed by atoms with Crippen molar-refractivity contribution in [3.8, 4) is 5.75 Å². The number of esters is 1. The number of carbonyl (C=O) groups excluding carboxylic acids is 1. The van der Waals surface area contributed by atoms with E-state index in [9.17, 15) is 9.90 Å². The fourth-order valence-electron chi connectivity index (χ4n) is 1.43. The maximum absolute atomic E-state index is 11.4. The summed E-state index contributed by atoms with van der Waals surface area (Å²) in [5, 5.41) is 10.1. The SMILES string of the molecule is COC(=O)c1ccc(O)c2cccnc12. The summed E-state index contributed by atoms with van der Waals surface area (Å²) in [6, 6.07) is 6.35. The van der Waals surface area contributed by atoms with Crippen LogP contribution < -0.4 is 0 Å². The molecule has 0 fully saturated rings. The van der Waals surface area contributed by atoms with Gasteiger partial charge in [0.05, 0.1) is 18.2 Å². The van der Waals surface area contributed by atoms with Crippen LogP contribution in [0.2, 0.25) is 0 Å². The number of benzene rings is 1. The van der Waals surface area contributed by atoms with Gasteiger partial charge >= 0.3 is 5.97 Å². The van der Waals surface area contributed by atoms with E-state index in [2.05, 4.69) is 9.72 Å². The molecule has 0 unspecified atom stereocenters. The number of methoxy groups -OCH3 is 1. The molecule has 0 spiro atoms. The van der Waals surface area contributed by atoms with Crippen LogP contribution in [0.4, 0.5) is 0 Å². The highest BCUT2D eigenvalue weighted by Crippen LogP contribution is 2.25. The summed E-state index contributed by atoms with van der Waals surface area (Å²) < 4.78 is 4.62. The molecule has 0 amide bonds. The molecule has 1 N–H and O–H groups in total. The predicted octanol–water partition coefficient (Wildman–Crippen LogP) is 1.73. The fraction of sp³-hybridized carbons (Fsp3) is 0.0909. The molecule has 0 saturated heterocycles. The molecule has 15 heavy (non-hydrogen) atoms. The Labute approximate surface area is 86.1 Å². The molecule has 0 bridgehead atoms. The van der Waals surface area contributed by atoms with Crippen LogP contribution in [0.1, 0.15) is 10.4 Å². The van der Waals surface area contributed by atoms with E-state index in [0.29, 0.717) is 16.5 Å². The molecule has 4 heteroatoms. The first-order valence-electron chi connectivity index (χ1n) is 4.39. The van der Waals surface area contributed by atoms with Crippen molar-refractivity contribution in [2.45, 2.75) is 0 Å². The standard InChI is InChI=1S/C11H9NO3/c1-15-11(14)8-4-5-9(13)7-3-2-6-12-10(7)8/h2-6,13H,1H3. The summed E-state index contributed by atoms with van der Waals surface area (Å²) in [5.74, 6) is -0.357. The third-order valence-corrected chi connectivity index (χ3v) is 2.15. The van der Waals surface area contributed by atoms with Gasteiger partial charge in [0.2, 0.25) is 0 Å². The number of rotatable bonds is 1. The van der Waals surface area contributed by atoms with Gasteiger partial charge in [0.15, 0.2) is 0 Å². The molecule has 2 aromatic rings. The van der Waals surface area contributed by atoms with Gasteiger partial charge < -0.3 is 9.84 Å². The van der Waals surface area contributed by atoms with Gasteiger partial charge in [-0.05, 0) is 24.3 Å². The molecule has 1 aromatic carbocycles. The van der Waals surface area contributed by atoms with E-state index in [0.717, 1.165) is 0 Å². The van der Waals surface area contributed by atoms with E-state index in [1.807, 2.05) is 0 Å². The molecule has 1 aromatic heterocycles. The predicted molar refractivity (Wildman–Crippen MR) is 54.7 cm³/mol. The molecule has 76 valence electrons. The number of fused-ring (bicyclic) bond motifs is 1. The Morgan fingerprint density at radius 2 is 2.20 bits per heavy atom. The zero-order chi connectivity index (χ0) is 10.8. The zero-order valence-corrected chi connectivity index (χ0v) is 8.10. The molecule has 0 radical (unpaired) electrons. The van der Waals surface area contributed by atoms with Crippen molar-refractivity contribution in [2.24, 2.45) is 0 Å². The number of carbonyl (C=O) groups is 1. The highest BCUT2D eigenvalue weighted by molar-refractivity contribution is 6.04. The minimum Gasteiger partial charge on any atom is -0.507 e. The maximum atomic E-state index is 11.4. The lowest BCUT2D eigenvalue weighted by atomic mass is 10.1. The molecular formula is C11H9NO3. The van der Waals surface area contributed by atoms with Crippen molar-refractivity contribution in [1.29, 1.82) is 0 Å². The van der Waals surface area contributed by atoms with Crippen LogP contribution in [0.3, 0.4) is 0 Å². The molecule has 0 aliphatic rings. The summed E-state index contributed by atoms with van der Waals surface area (Å²) in [5.41, 5.74) is 0.801. The van der Waals surface area contributed by atoms with Crippen LogP contribution in [0.25, 0.3) is 10.9 Å². The second kappa shape index (κ2) is 3.57. The molecule has 0 aliphatic heterocycles. The van der Waals surface area contributed by atoms with Crippen LogP contribution in [-0.4, -0.2) is 23.2 Å². The van der Waals surface area contributed by atoms with Crippen molar-refractivity contribution < 1.29 is 14.6 Å². The third kappa shape index (κ3) is 1.50. The van der Waals surface area contributed by atoms with Crippen LogP contribution in [0.15, 0.2) is 30.5 Å². The van der Waals surface area contributed by atoms with Gasteiger partial charge in [-0.25, -0.2) is 4.79 Å². The Morgan fingerprint density at radius 1 is 1.40 bits per heavy atom. The van der Waals surface area contributed by atoms with E-state index < -0.39 is 5.97 Å². The van der Waals surface area contributed by atoms with Gasteiger partial charge in [0.1, 0.15) is 5.75 Å². The first kappa shape index (κ1) is 9.45. The van der Waals surface area contributed by atoms with Gasteiger partial charge in [-0.1, -0.05) is 0 Å². The van der Waals surface area contributed by atoms with Gasteiger partial charge in [0, 0.05) is 11.6 Å². The van der Waals surface area contributed by atoms with Gasteiger partial charge in [-0.3, -0.25) is 4.98 Å². The number of nitrogens with zero attached hydrogens (tertiary/aromatic N) is 1. The second-order valence-electron chi connectivity index (χ2n) is 3.02. The lowest BCUT2D eigenvalue weighted by molar-refractivity contribution is 0.0603. The second-order valence-corrected chi connectivity index (χ2v) is 3.02. The molecular weight excluding hydrogens is 194 g/mol. The Hall–Kier alpha value is -2.10. The van der Waals surface area contributed by atoms with Crippen molar-refractivity contribution in [3.05, 3.63) is 36.0 Å². The van der Waals surface area contributed by atoms with Gasteiger partial charge in [-0.15, -0.1) is 0 Å². The van der Waals surface area contributed by atoms with E-state index in [4.69, 9.17) is 0 Å². The van der Waals surface area contributed by atoms with Gasteiger partial charge in [-0.2, -0.15) is 0 Å². The first-order chi connectivity index (χ1) is 7.24. The largest absolute Gasteiger partial charge is 0.507 e. The molecule has 1 heterocycles. The molecule has 2 rings (SSSR count). The first-order valence-corrected chi connectivity index (χ1v) is 4.39. The Balaban J connectivity index is 2.77. The average Bonchev–Trinajstić information content (AvgIpc) is 2.29. The smallest absolute Gasteiger partial charge is 0.340 e. The fourth-order valence-corrected chi connectivity index (χ4v) is 1.43. The highest BCUT2D eigenvalue weighted by atomic mass is 16.5. The minimum absolute atomic E-state index is 0.103. The van der Waals surface area contributed by atoms with Crippen molar-refractivity contribution in [2.75, 3.05) is 7.11 Å². The molecule has 0 saturated carbocycles.